The fourth-order valence-corrected chi connectivity index (χ4v) is 3.18. The fraction of sp³-hybridized carbons (Fsp3) is 0.786. The van der Waals surface area contributed by atoms with Gasteiger partial charge < -0.3 is 15.3 Å². The Bertz CT molecular complexity index is 410. The topological polar surface area (TPSA) is 86.7 Å². The van der Waals surface area contributed by atoms with Crippen molar-refractivity contribution in [3.8, 4) is 0 Å². The van der Waals surface area contributed by atoms with E-state index in [9.17, 15) is 19.5 Å². The lowest BCUT2D eigenvalue weighted by atomic mass is 9.78. The van der Waals surface area contributed by atoms with E-state index in [2.05, 4.69) is 5.32 Å². The lowest BCUT2D eigenvalue weighted by Crippen LogP contribution is -2.51. The number of amides is 2. The van der Waals surface area contributed by atoms with Gasteiger partial charge in [0.2, 0.25) is 11.8 Å². The van der Waals surface area contributed by atoms with Gasteiger partial charge in [-0.05, 0) is 19.3 Å². The summed E-state index contributed by atoms with van der Waals surface area (Å²) in [5.74, 6) is -1.93. The van der Waals surface area contributed by atoms with Gasteiger partial charge in [0.1, 0.15) is 0 Å². The van der Waals surface area contributed by atoms with E-state index in [1.807, 2.05) is 0 Å². The molecule has 112 valence electrons. The first-order chi connectivity index (χ1) is 9.49. The smallest absolute Gasteiger partial charge is 0.307 e. The Balaban J connectivity index is 1.93. The van der Waals surface area contributed by atoms with E-state index in [0.29, 0.717) is 32.2 Å². The molecule has 0 aromatic heterocycles. The predicted octanol–water partition coefficient (Wildman–Crippen LogP) is 0.614. The van der Waals surface area contributed by atoms with Crippen molar-refractivity contribution in [3.63, 3.8) is 0 Å². The van der Waals surface area contributed by atoms with Gasteiger partial charge in [0, 0.05) is 26.1 Å². The Labute approximate surface area is 118 Å². The second-order valence-corrected chi connectivity index (χ2v) is 5.85. The molecule has 0 aromatic carbocycles. The first kappa shape index (κ1) is 14.8. The summed E-state index contributed by atoms with van der Waals surface area (Å²) in [7, 11) is 1.72. The molecule has 1 saturated heterocycles. The van der Waals surface area contributed by atoms with Crippen molar-refractivity contribution in [2.24, 2.45) is 11.8 Å². The summed E-state index contributed by atoms with van der Waals surface area (Å²) in [5, 5.41) is 12.1. The molecule has 20 heavy (non-hydrogen) atoms. The molecular formula is C14H22N2O4. The molecule has 3 atom stereocenters. The molecule has 1 heterocycles. The Kier molecular flexibility index (Phi) is 4.62. The van der Waals surface area contributed by atoms with Crippen LogP contribution in [0.1, 0.15) is 38.5 Å². The third kappa shape index (κ3) is 3.29. The van der Waals surface area contributed by atoms with Crippen molar-refractivity contribution in [2.75, 3.05) is 13.6 Å². The molecule has 2 rings (SSSR count). The molecule has 2 aliphatic rings. The second-order valence-electron chi connectivity index (χ2n) is 5.85. The number of carboxylic acid groups (broad SMARTS) is 1. The highest BCUT2D eigenvalue weighted by molar-refractivity contribution is 5.85. The van der Waals surface area contributed by atoms with E-state index in [1.165, 1.54) is 0 Å². The fourth-order valence-electron chi connectivity index (χ4n) is 3.18. The molecular weight excluding hydrogens is 260 g/mol. The van der Waals surface area contributed by atoms with Crippen LogP contribution in [0.25, 0.3) is 0 Å². The Hall–Kier alpha value is -1.59. The zero-order valence-electron chi connectivity index (χ0n) is 11.8. The summed E-state index contributed by atoms with van der Waals surface area (Å²) in [5.41, 5.74) is 0. The molecule has 1 saturated carbocycles. The van der Waals surface area contributed by atoms with E-state index in [4.69, 9.17) is 0 Å². The minimum atomic E-state index is -0.874. The van der Waals surface area contributed by atoms with Crippen LogP contribution in [0.3, 0.4) is 0 Å². The zero-order valence-corrected chi connectivity index (χ0v) is 11.8. The molecule has 0 bridgehead atoms. The highest BCUT2D eigenvalue weighted by atomic mass is 16.4. The average Bonchev–Trinajstić information content (AvgIpc) is 2.43. The van der Waals surface area contributed by atoms with Gasteiger partial charge in [-0.15, -0.1) is 0 Å². The van der Waals surface area contributed by atoms with Gasteiger partial charge in [-0.1, -0.05) is 12.8 Å². The van der Waals surface area contributed by atoms with E-state index in [1.54, 1.807) is 11.9 Å². The molecule has 0 aromatic rings. The van der Waals surface area contributed by atoms with E-state index >= 15 is 0 Å². The third-order valence-electron chi connectivity index (χ3n) is 4.39. The van der Waals surface area contributed by atoms with Gasteiger partial charge in [-0.25, -0.2) is 0 Å². The van der Waals surface area contributed by atoms with Crippen LogP contribution in [0, 0.1) is 11.8 Å². The van der Waals surface area contributed by atoms with Crippen molar-refractivity contribution >= 4 is 17.8 Å². The van der Waals surface area contributed by atoms with Crippen LogP contribution < -0.4 is 5.32 Å². The van der Waals surface area contributed by atoms with Crippen molar-refractivity contribution in [1.82, 2.24) is 10.2 Å². The van der Waals surface area contributed by atoms with Crippen LogP contribution in [-0.4, -0.2) is 47.4 Å². The number of nitrogens with one attached hydrogen (secondary N) is 1. The molecule has 6 nitrogen and oxygen atoms in total. The first-order valence-electron chi connectivity index (χ1n) is 7.26. The third-order valence-corrected chi connectivity index (χ3v) is 4.39. The highest BCUT2D eigenvalue weighted by Gasteiger charge is 2.37. The van der Waals surface area contributed by atoms with Gasteiger partial charge in [-0.2, -0.15) is 0 Å². The first-order valence-corrected chi connectivity index (χ1v) is 7.26. The average molecular weight is 282 g/mol. The molecule has 1 aliphatic heterocycles. The Morgan fingerprint density at radius 3 is 2.45 bits per heavy atom. The number of aliphatic carboxylic acids is 1. The standard InChI is InChI=1S/C14H22N2O4/c1-16-8-9(6-7-12(16)17)15-13(18)10-4-2-3-5-11(10)14(19)20/h9-11H,2-8H2,1H3,(H,15,18)(H,19,20). The summed E-state index contributed by atoms with van der Waals surface area (Å²) in [6, 6.07) is -0.0541. The number of likely N-dealkylation sites (tertiary alicyclic amines) is 1. The monoisotopic (exact) mass is 282 g/mol. The summed E-state index contributed by atoms with van der Waals surface area (Å²) in [4.78, 5) is 36.5. The van der Waals surface area contributed by atoms with Crippen LogP contribution in [0.5, 0.6) is 0 Å². The lowest BCUT2D eigenvalue weighted by molar-refractivity contribution is -0.149. The number of piperidine rings is 1. The van der Waals surface area contributed by atoms with Crippen LogP contribution in [0.15, 0.2) is 0 Å². The molecule has 6 heteroatoms. The minimum absolute atomic E-state index is 0.0541. The summed E-state index contributed by atoms with van der Waals surface area (Å²) in [6.45, 7) is 0.509. The van der Waals surface area contributed by atoms with Crippen molar-refractivity contribution in [3.05, 3.63) is 0 Å². The predicted molar refractivity (Wildman–Crippen MR) is 71.9 cm³/mol. The maximum Gasteiger partial charge on any atom is 0.307 e. The maximum atomic E-state index is 12.3. The quantitative estimate of drug-likeness (QED) is 0.794. The number of carbonyl (C=O) groups excluding carboxylic acids is 2. The number of carbonyl (C=O) groups is 3. The van der Waals surface area contributed by atoms with Crippen LogP contribution in [0.4, 0.5) is 0 Å². The molecule has 2 N–H and O–H groups in total. The van der Waals surface area contributed by atoms with Gasteiger partial charge in [0.15, 0.2) is 0 Å². The molecule has 1 aliphatic carbocycles. The van der Waals surface area contributed by atoms with Crippen molar-refractivity contribution < 1.29 is 19.5 Å². The highest BCUT2D eigenvalue weighted by Crippen LogP contribution is 2.30. The molecule has 2 amide bonds. The largest absolute Gasteiger partial charge is 0.481 e. The number of carboxylic acids is 1. The lowest BCUT2D eigenvalue weighted by Gasteiger charge is -2.33. The van der Waals surface area contributed by atoms with Gasteiger partial charge in [-0.3, -0.25) is 14.4 Å². The molecule has 0 radical (unpaired) electrons. The number of hydrogen-bond acceptors (Lipinski definition) is 3. The van der Waals surface area contributed by atoms with Crippen LogP contribution in [0.2, 0.25) is 0 Å². The number of likely N-dealkylation sites (N-methyl/N-ethyl adjacent to an activating group) is 1. The number of hydrogen-bond donors (Lipinski definition) is 2. The van der Waals surface area contributed by atoms with Gasteiger partial charge in [0.25, 0.3) is 0 Å². The van der Waals surface area contributed by atoms with Gasteiger partial charge >= 0.3 is 5.97 Å². The van der Waals surface area contributed by atoms with Crippen LogP contribution in [-0.2, 0) is 14.4 Å². The van der Waals surface area contributed by atoms with Crippen molar-refractivity contribution in [2.45, 2.75) is 44.6 Å². The van der Waals surface area contributed by atoms with E-state index in [0.717, 1.165) is 12.8 Å². The van der Waals surface area contributed by atoms with E-state index in [-0.39, 0.29) is 17.9 Å². The van der Waals surface area contributed by atoms with Crippen LogP contribution >= 0.6 is 0 Å². The molecule has 3 unspecified atom stereocenters. The van der Waals surface area contributed by atoms with Crippen molar-refractivity contribution in [1.29, 1.82) is 0 Å². The van der Waals surface area contributed by atoms with Gasteiger partial charge in [0.05, 0.1) is 11.8 Å². The summed E-state index contributed by atoms with van der Waals surface area (Å²) < 4.78 is 0. The Morgan fingerprint density at radius 2 is 1.85 bits per heavy atom. The zero-order chi connectivity index (χ0) is 14.7. The maximum absolute atomic E-state index is 12.3. The summed E-state index contributed by atoms with van der Waals surface area (Å²) in [6.07, 6.45) is 4.08. The number of rotatable bonds is 3. The van der Waals surface area contributed by atoms with E-state index < -0.39 is 17.8 Å². The molecule has 0 spiro atoms. The normalized spacial score (nSPS) is 30.9. The minimum Gasteiger partial charge on any atom is -0.481 e. The summed E-state index contributed by atoms with van der Waals surface area (Å²) >= 11 is 0. The Morgan fingerprint density at radius 1 is 1.20 bits per heavy atom. The SMILES string of the molecule is CN1CC(NC(=O)C2CCCCC2C(=O)O)CCC1=O. The molecule has 2 fully saturated rings. The second kappa shape index (κ2) is 6.24. The number of nitrogens with zero attached hydrogens (tertiary/aromatic N) is 1.